The lowest BCUT2D eigenvalue weighted by Crippen LogP contribution is -2.40. The maximum atomic E-state index is 12.2. The highest BCUT2D eigenvalue weighted by atomic mass is 16.5. The number of hydrogen-bond acceptors (Lipinski definition) is 3. The van der Waals surface area contributed by atoms with E-state index < -0.39 is 0 Å². The first-order chi connectivity index (χ1) is 10.2. The fourth-order valence-electron chi connectivity index (χ4n) is 2.80. The number of ether oxygens (including phenoxy) is 1. The van der Waals surface area contributed by atoms with E-state index in [1.807, 2.05) is 19.2 Å². The van der Waals surface area contributed by atoms with Gasteiger partial charge in [0, 0.05) is 32.6 Å². The molecule has 1 aromatic rings. The van der Waals surface area contributed by atoms with Gasteiger partial charge in [0.15, 0.2) is 0 Å². The minimum absolute atomic E-state index is 0.0309. The lowest BCUT2D eigenvalue weighted by molar-refractivity contribution is 0.104. The molecule has 2 heterocycles. The summed E-state index contributed by atoms with van der Waals surface area (Å²) in [6, 6.07) is 3.97. The van der Waals surface area contributed by atoms with Crippen LogP contribution in [0, 0.1) is 0 Å². The van der Waals surface area contributed by atoms with Gasteiger partial charge in [-0.25, -0.2) is 4.79 Å². The van der Waals surface area contributed by atoms with Crippen molar-refractivity contribution in [3.63, 3.8) is 0 Å². The molecule has 1 aliphatic rings. The second-order valence-corrected chi connectivity index (χ2v) is 5.47. The first-order valence-electron chi connectivity index (χ1n) is 7.74. The molecule has 2 atom stereocenters. The van der Waals surface area contributed by atoms with Crippen LogP contribution < -0.4 is 5.32 Å². The smallest absolute Gasteiger partial charge is 0.317 e. The molecule has 1 aliphatic heterocycles. The molecule has 2 rings (SSSR count). The molecule has 0 aromatic carbocycles. The number of pyridine rings is 1. The van der Waals surface area contributed by atoms with E-state index in [-0.39, 0.29) is 12.1 Å². The first kappa shape index (κ1) is 15.8. The summed E-state index contributed by atoms with van der Waals surface area (Å²) in [4.78, 5) is 18.0. The average molecular weight is 291 g/mol. The Kier molecular flexibility index (Phi) is 5.99. The van der Waals surface area contributed by atoms with Crippen LogP contribution in [-0.4, -0.2) is 42.2 Å². The monoisotopic (exact) mass is 291 g/mol. The zero-order valence-electron chi connectivity index (χ0n) is 12.9. The van der Waals surface area contributed by atoms with Gasteiger partial charge in [0.2, 0.25) is 0 Å². The maximum absolute atomic E-state index is 12.2. The Morgan fingerprint density at radius 1 is 1.52 bits per heavy atom. The first-order valence-corrected chi connectivity index (χ1v) is 7.74. The highest BCUT2D eigenvalue weighted by Crippen LogP contribution is 2.22. The van der Waals surface area contributed by atoms with Crippen molar-refractivity contribution < 1.29 is 9.53 Å². The van der Waals surface area contributed by atoms with E-state index in [1.165, 1.54) is 0 Å². The zero-order chi connectivity index (χ0) is 15.1. The summed E-state index contributed by atoms with van der Waals surface area (Å²) < 4.78 is 5.56. The second-order valence-electron chi connectivity index (χ2n) is 5.47. The SMILES string of the molecule is CC[C@H](c1ccncc1)N(C)C(=O)NCC[C@@H]1CCCO1. The van der Waals surface area contributed by atoms with Crippen LogP contribution in [0.1, 0.15) is 44.2 Å². The van der Waals surface area contributed by atoms with E-state index in [2.05, 4.69) is 17.2 Å². The van der Waals surface area contributed by atoms with Gasteiger partial charge in [-0.2, -0.15) is 0 Å². The van der Waals surface area contributed by atoms with Crippen molar-refractivity contribution in [3.05, 3.63) is 30.1 Å². The molecule has 2 amide bonds. The van der Waals surface area contributed by atoms with Crippen LogP contribution in [0.3, 0.4) is 0 Å². The molecule has 0 unspecified atom stereocenters. The van der Waals surface area contributed by atoms with E-state index in [0.717, 1.165) is 37.9 Å². The van der Waals surface area contributed by atoms with Gasteiger partial charge < -0.3 is 15.0 Å². The number of hydrogen-bond donors (Lipinski definition) is 1. The van der Waals surface area contributed by atoms with E-state index in [4.69, 9.17) is 4.74 Å². The maximum Gasteiger partial charge on any atom is 0.317 e. The van der Waals surface area contributed by atoms with Gasteiger partial charge in [-0.3, -0.25) is 4.98 Å². The van der Waals surface area contributed by atoms with Crippen molar-refractivity contribution in [1.82, 2.24) is 15.2 Å². The lowest BCUT2D eigenvalue weighted by Gasteiger charge is -2.28. The third kappa shape index (κ3) is 4.43. The minimum Gasteiger partial charge on any atom is -0.378 e. The molecule has 0 bridgehead atoms. The largest absolute Gasteiger partial charge is 0.378 e. The number of aromatic nitrogens is 1. The molecule has 116 valence electrons. The van der Waals surface area contributed by atoms with Crippen molar-refractivity contribution in [3.8, 4) is 0 Å². The molecular weight excluding hydrogens is 266 g/mol. The third-order valence-electron chi connectivity index (χ3n) is 4.03. The fourth-order valence-corrected chi connectivity index (χ4v) is 2.80. The predicted molar refractivity (Wildman–Crippen MR) is 82.0 cm³/mol. The summed E-state index contributed by atoms with van der Waals surface area (Å²) in [7, 11) is 1.84. The molecule has 0 spiro atoms. The molecule has 1 aromatic heterocycles. The third-order valence-corrected chi connectivity index (χ3v) is 4.03. The molecule has 1 saturated heterocycles. The van der Waals surface area contributed by atoms with Gasteiger partial charge in [-0.05, 0) is 43.4 Å². The number of nitrogens with one attached hydrogen (secondary N) is 1. The van der Waals surface area contributed by atoms with E-state index in [1.54, 1.807) is 17.3 Å². The van der Waals surface area contributed by atoms with Gasteiger partial charge in [0.25, 0.3) is 0 Å². The molecule has 0 radical (unpaired) electrons. The number of rotatable bonds is 6. The standard InChI is InChI=1S/C16H25N3O2/c1-3-15(13-6-9-17-10-7-13)19(2)16(20)18-11-8-14-5-4-12-21-14/h6-7,9-10,14-15H,3-5,8,11-12H2,1-2H3,(H,18,20)/t14-,15+/m0/s1. The van der Waals surface area contributed by atoms with E-state index >= 15 is 0 Å². The Balaban J connectivity index is 1.82. The molecule has 5 heteroatoms. The number of nitrogens with zero attached hydrogens (tertiary/aromatic N) is 2. The summed E-state index contributed by atoms with van der Waals surface area (Å²) in [6.07, 6.45) is 7.87. The predicted octanol–water partition coefficient (Wildman–Crippen LogP) is 2.74. The molecule has 21 heavy (non-hydrogen) atoms. The number of carbonyl (C=O) groups is 1. The van der Waals surface area contributed by atoms with Gasteiger partial charge in [0.05, 0.1) is 12.1 Å². The van der Waals surface area contributed by atoms with Crippen LogP contribution in [0.4, 0.5) is 4.79 Å². The van der Waals surface area contributed by atoms with Crippen LogP contribution in [-0.2, 0) is 4.74 Å². The molecule has 0 saturated carbocycles. The van der Waals surface area contributed by atoms with Gasteiger partial charge in [0.1, 0.15) is 0 Å². The average Bonchev–Trinajstić information content (AvgIpc) is 3.02. The summed E-state index contributed by atoms with van der Waals surface area (Å²) in [5.74, 6) is 0. The van der Waals surface area contributed by atoms with E-state index in [9.17, 15) is 4.79 Å². The minimum atomic E-state index is -0.0309. The summed E-state index contributed by atoms with van der Waals surface area (Å²) >= 11 is 0. The topological polar surface area (TPSA) is 54.5 Å². The van der Waals surface area contributed by atoms with Gasteiger partial charge in [-0.15, -0.1) is 0 Å². The van der Waals surface area contributed by atoms with E-state index in [0.29, 0.717) is 12.6 Å². The van der Waals surface area contributed by atoms with Crippen LogP contribution in [0.2, 0.25) is 0 Å². The van der Waals surface area contributed by atoms with Crippen LogP contribution in [0.15, 0.2) is 24.5 Å². The van der Waals surface area contributed by atoms with Crippen LogP contribution in [0.25, 0.3) is 0 Å². The number of urea groups is 1. The fraction of sp³-hybridized carbons (Fsp3) is 0.625. The Hall–Kier alpha value is -1.62. The summed E-state index contributed by atoms with van der Waals surface area (Å²) in [6.45, 7) is 3.61. The zero-order valence-corrected chi connectivity index (χ0v) is 12.9. The van der Waals surface area contributed by atoms with Crippen molar-refractivity contribution >= 4 is 6.03 Å². The second kappa shape index (κ2) is 7.98. The van der Waals surface area contributed by atoms with Crippen LogP contribution in [0.5, 0.6) is 0 Å². The highest BCUT2D eigenvalue weighted by Gasteiger charge is 2.20. The van der Waals surface area contributed by atoms with Crippen molar-refractivity contribution in [2.75, 3.05) is 20.2 Å². The molecule has 1 fully saturated rings. The Morgan fingerprint density at radius 3 is 2.90 bits per heavy atom. The number of amides is 2. The Morgan fingerprint density at radius 2 is 2.29 bits per heavy atom. The van der Waals surface area contributed by atoms with Gasteiger partial charge >= 0.3 is 6.03 Å². The normalized spacial score (nSPS) is 19.2. The molecule has 1 N–H and O–H groups in total. The lowest BCUT2D eigenvalue weighted by atomic mass is 10.1. The molecule has 0 aliphatic carbocycles. The van der Waals surface area contributed by atoms with Gasteiger partial charge in [-0.1, -0.05) is 6.92 Å². The molecular formula is C16H25N3O2. The van der Waals surface area contributed by atoms with Crippen molar-refractivity contribution in [2.45, 2.75) is 44.8 Å². The van der Waals surface area contributed by atoms with Crippen molar-refractivity contribution in [1.29, 1.82) is 0 Å². The van der Waals surface area contributed by atoms with Crippen LogP contribution >= 0.6 is 0 Å². The Bertz CT molecular complexity index is 432. The number of carbonyl (C=O) groups excluding carboxylic acids is 1. The van der Waals surface area contributed by atoms with Crippen molar-refractivity contribution in [2.24, 2.45) is 0 Å². The summed E-state index contributed by atoms with van der Waals surface area (Å²) in [5.41, 5.74) is 1.12. The highest BCUT2D eigenvalue weighted by molar-refractivity contribution is 5.74. The summed E-state index contributed by atoms with van der Waals surface area (Å²) in [5, 5.41) is 2.99. The Labute approximate surface area is 126 Å². The molecule has 5 nitrogen and oxygen atoms in total. The quantitative estimate of drug-likeness (QED) is 0.877.